The maximum absolute atomic E-state index is 13.0. The molecule has 0 aliphatic heterocycles. The van der Waals surface area contributed by atoms with Crippen LogP contribution in [0.15, 0.2) is 48.5 Å². The molecule has 0 radical (unpaired) electrons. The van der Waals surface area contributed by atoms with Gasteiger partial charge in [-0.15, -0.1) is 0 Å². The molecule has 0 atom stereocenters. The van der Waals surface area contributed by atoms with Crippen LogP contribution in [0.4, 0.5) is 13.2 Å². The van der Waals surface area contributed by atoms with Crippen LogP contribution in [-0.4, -0.2) is 19.6 Å². The first-order chi connectivity index (χ1) is 11.0. The van der Waals surface area contributed by atoms with E-state index in [-0.39, 0.29) is 0 Å². The maximum atomic E-state index is 13.0. The van der Waals surface area contributed by atoms with Crippen LogP contribution in [0, 0.1) is 0 Å². The summed E-state index contributed by atoms with van der Waals surface area (Å²) in [5.41, 5.74) is 7.19. The molecule has 0 aliphatic carbocycles. The van der Waals surface area contributed by atoms with Crippen LogP contribution < -0.4 is 11.1 Å². The first-order valence-electron chi connectivity index (χ1n) is 7.68. The SMILES string of the molecule is NCCNCCCc1ccc(C(F)(F)F)cc1-c1ccccc1. The van der Waals surface area contributed by atoms with E-state index in [4.69, 9.17) is 5.73 Å². The number of alkyl halides is 3. The van der Waals surface area contributed by atoms with Crippen LogP contribution in [0.5, 0.6) is 0 Å². The quantitative estimate of drug-likeness (QED) is 0.760. The number of rotatable bonds is 7. The van der Waals surface area contributed by atoms with E-state index in [1.54, 1.807) is 6.07 Å². The van der Waals surface area contributed by atoms with Crippen molar-refractivity contribution in [1.82, 2.24) is 5.32 Å². The fourth-order valence-corrected chi connectivity index (χ4v) is 2.49. The van der Waals surface area contributed by atoms with Gasteiger partial charge in [0.25, 0.3) is 0 Å². The molecule has 0 aromatic heterocycles. The van der Waals surface area contributed by atoms with Gasteiger partial charge in [-0.3, -0.25) is 0 Å². The minimum absolute atomic E-state index is 0.579. The Kier molecular flexibility index (Phi) is 6.19. The fourth-order valence-electron chi connectivity index (χ4n) is 2.49. The van der Waals surface area contributed by atoms with Crippen LogP contribution in [0.1, 0.15) is 17.5 Å². The molecule has 23 heavy (non-hydrogen) atoms. The Balaban J connectivity index is 2.23. The molecule has 0 saturated heterocycles. The van der Waals surface area contributed by atoms with Crippen molar-refractivity contribution in [3.8, 4) is 11.1 Å². The van der Waals surface area contributed by atoms with E-state index in [9.17, 15) is 13.2 Å². The predicted molar refractivity (Wildman–Crippen MR) is 87.1 cm³/mol. The van der Waals surface area contributed by atoms with Crippen molar-refractivity contribution in [2.45, 2.75) is 19.0 Å². The molecule has 0 amide bonds. The third-order valence-corrected chi connectivity index (χ3v) is 3.64. The Labute approximate surface area is 134 Å². The van der Waals surface area contributed by atoms with Gasteiger partial charge < -0.3 is 11.1 Å². The third kappa shape index (κ3) is 5.08. The summed E-state index contributed by atoms with van der Waals surface area (Å²) in [5, 5.41) is 3.20. The first-order valence-corrected chi connectivity index (χ1v) is 7.68. The summed E-state index contributed by atoms with van der Waals surface area (Å²) in [4.78, 5) is 0. The molecule has 0 bridgehead atoms. The topological polar surface area (TPSA) is 38.0 Å². The lowest BCUT2D eigenvalue weighted by Crippen LogP contribution is -2.23. The second-order valence-corrected chi connectivity index (χ2v) is 5.38. The fraction of sp³-hybridized carbons (Fsp3) is 0.333. The summed E-state index contributed by atoms with van der Waals surface area (Å²) in [6, 6.07) is 13.2. The number of hydrogen-bond donors (Lipinski definition) is 2. The van der Waals surface area contributed by atoms with Gasteiger partial charge in [0, 0.05) is 13.1 Å². The zero-order valence-electron chi connectivity index (χ0n) is 12.9. The van der Waals surface area contributed by atoms with Crippen LogP contribution in [0.3, 0.4) is 0 Å². The molecular formula is C18H21F3N2. The van der Waals surface area contributed by atoms with E-state index in [1.807, 2.05) is 30.3 Å². The molecule has 5 heteroatoms. The molecule has 124 valence electrons. The van der Waals surface area contributed by atoms with Crippen molar-refractivity contribution >= 4 is 0 Å². The van der Waals surface area contributed by atoms with Crippen LogP contribution in [0.2, 0.25) is 0 Å². The van der Waals surface area contributed by atoms with Gasteiger partial charge in [0.2, 0.25) is 0 Å². The van der Waals surface area contributed by atoms with Crippen molar-refractivity contribution in [3.63, 3.8) is 0 Å². The standard InChI is InChI=1S/C18H21F3N2/c19-18(20,21)16-9-8-15(7-4-11-23-12-10-22)17(13-16)14-5-2-1-3-6-14/h1-3,5-6,8-9,13,23H,4,7,10-12,22H2. The zero-order valence-corrected chi connectivity index (χ0v) is 12.9. The van der Waals surface area contributed by atoms with E-state index in [0.29, 0.717) is 12.1 Å². The van der Waals surface area contributed by atoms with Crippen molar-refractivity contribution in [2.75, 3.05) is 19.6 Å². The second kappa shape index (κ2) is 8.13. The summed E-state index contributed by atoms with van der Waals surface area (Å²) in [7, 11) is 0. The number of nitrogens with one attached hydrogen (secondary N) is 1. The molecule has 2 aromatic carbocycles. The minimum atomic E-state index is -4.33. The van der Waals surface area contributed by atoms with Crippen molar-refractivity contribution in [1.29, 1.82) is 0 Å². The molecule has 0 aliphatic rings. The summed E-state index contributed by atoms with van der Waals surface area (Å²) in [6.07, 6.45) is -2.75. The average molecular weight is 322 g/mol. The summed E-state index contributed by atoms with van der Waals surface area (Å²) in [5.74, 6) is 0. The molecule has 2 aromatic rings. The Morgan fingerprint density at radius 2 is 1.70 bits per heavy atom. The van der Waals surface area contributed by atoms with E-state index in [0.717, 1.165) is 43.1 Å². The lowest BCUT2D eigenvalue weighted by atomic mass is 9.94. The lowest BCUT2D eigenvalue weighted by molar-refractivity contribution is -0.137. The van der Waals surface area contributed by atoms with E-state index >= 15 is 0 Å². The van der Waals surface area contributed by atoms with Gasteiger partial charge in [-0.1, -0.05) is 36.4 Å². The highest BCUT2D eigenvalue weighted by atomic mass is 19.4. The van der Waals surface area contributed by atoms with Gasteiger partial charge in [0.15, 0.2) is 0 Å². The summed E-state index contributed by atoms with van der Waals surface area (Å²) in [6.45, 7) is 2.13. The minimum Gasteiger partial charge on any atom is -0.329 e. The third-order valence-electron chi connectivity index (χ3n) is 3.64. The Hall–Kier alpha value is -1.85. The highest BCUT2D eigenvalue weighted by molar-refractivity contribution is 5.68. The van der Waals surface area contributed by atoms with E-state index < -0.39 is 11.7 Å². The summed E-state index contributed by atoms with van der Waals surface area (Å²) >= 11 is 0. The number of halogens is 3. The van der Waals surface area contributed by atoms with E-state index in [2.05, 4.69) is 5.32 Å². The highest BCUT2D eigenvalue weighted by Gasteiger charge is 2.31. The average Bonchev–Trinajstić information content (AvgIpc) is 2.54. The number of aryl methyl sites for hydroxylation is 1. The van der Waals surface area contributed by atoms with E-state index in [1.165, 1.54) is 6.07 Å². The Morgan fingerprint density at radius 3 is 2.35 bits per heavy atom. The van der Waals surface area contributed by atoms with Gasteiger partial charge in [0.1, 0.15) is 0 Å². The summed E-state index contributed by atoms with van der Waals surface area (Å²) < 4.78 is 39.0. The van der Waals surface area contributed by atoms with Gasteiger partial charge in [0.05, 0.1) is 5.56 Å². The van der Waals surface area contributed by atoms with Gasteiger partial charge in [-0.25, -0.2) is 0 Å². The molecule has 2 rings (SSSR count). The number of hydrogen-bond acceptors (Lipinski definition) is 2. The first kappa shape index (κ1) is 17.5. The van der Waals surface area contributed by atoms with Crippen LogP contribution in [-0.2, 0) is 12.6 Å². The van der Waals surface area contributed by atoms with Crippen molar-refractivity contribution in [2.24, 2.45) is 5.73 Å². The predicted octanol–water partition coefficient (Wildman–Crippen LogP) is 3.85. The second-order valence-electron chi connectivity index (χ2n) is 5.38. The lowest BCUT2D eigenvalue weighted by Gasteiger charge is -2.14. The molecule has 0 heterocycles. The Morgan fingerprint density at radius 1 is 0.957 bits per heavy atom. The largest absolute Gasteiger partial charge is 0.416 e. The van der Waals surface area contributed by atoms with Crippen molar-refractivity contribution < 1.29 is 13.2 Å². The molecule has 0 saturated carbocycles. The smallest absolute Gasteiger partial charge is 0.329 e. The van der Waals surface area contributed by atoms with Gasteiger partial charge in [-0.05, 0) is 48.2 Å². The molecule has 3 N–H and O–H groups in total. The van der Waals surface area contributed by atoms with Crippen LogP contribution >= 0.6 is 0 Å². The number of benzene rings is 2. The molecule has 0 spiro atoms. The Bertz CT molecular complexity index is 609. The van der Waals surface area contributed by atoms with Crippen molar-refractivity contribution in [3.05, 3.63) is 59.7 Å². The normalized spacial score (nSPS) is 11.7. The molecular weight excluding hydrogens is 301 g/mol. The monoisotopic (exact) mass is 322 g/mol. The molecule has 0 unspecified atom stereocenters. The van der Waals surface area contributed by atoms with Crippen LogP contribution in [0.25, 0.3) is 11.1 Å². The molecule has 2 nitrogen and oxygen atoms in total. The highest BCUT2D eigenvalue weighted by Crippen LogP contribution is 2.34. The van der Waals surface area contributed by atoms with Gasteiger partial charge in [-0.2, -0.15) is 13.2 Å². The van der Waals surface area contributed by atoms with Gasteiger partial charge >= 0.3 is 6.18 Å². The maximum Gasteiger partial charge on any atom is 0.416 e. The zero-order chi connectivity index (χ0) is 16.7. The number of nitrogens with two attached hydrogens (primary N) is 1. The molecule has 0 fully saturated rings.